The molecule has 3 heteroatoms. The second-order valence-electron chi connectivity index (χ2n) is 5.61. The fraction of sp³-hybridized carbons (Fsp3) is 0.625. The van der Waals surface area contributed by atoms with Crippen molar-refractivity contribution in [2.75, 3.05) is 19.6 Å². The third-order valence-electron chi connectivity index (χ3n) is 3.73. The van der Waals surface area contributed by atoms with E-state index in [0.29, 0.717) is 0 Å². The summed E-state index contributed by atoms with van der Waals surface area (Å²) in [5.74, 6) is 0. The lowest BCUT2D eigenvalue weighted by atomic mass is 10.1. The van der Waals surface area contributed by atoms with Gasteiger partial charge in [0.2, 0.25) is 0 Å². The first-order valence-corrected chi connectivity index (χ1v) is 7.21. The van der Waals surface area contributed by atoms with E-state index >= 15 is 0 Å². The number of nitrogens with one attached hydrogen (secondary N) is 1. The first-order chi connectivity index (χ1) is 8.69. The minimum Gasteiger partial charge on any atom is -0.315 e. The van der Waals surface area contributed by atoms with Crippen LogP contribution in [-0.2, 0) is 6.54 Å². The van der Waals surface area contributed by atoms with E-state index in [9.17, 15) is 0 Å². The Morgan fingerprint density at radius 2 is 1.89 bits per heavy atom. The Morgan fingerprint density at radius 3 is 2.42 bits per heavy atom. The molecule has 0 bridgehead atoms. The van der Waals surface area contributed by atoms with E-state index in [1.807, 2.05) is 0 Å². The van der Waals surface area contributed by atoms with Crippen LogP contribution >= 0.6 is 12.4 Å². The third-order valence-corrected chi connectivity index (χ3v) is 3.73. The minimum absolute atomic E-state index is 0. The van der Waals surface area contributed by atoms with Gasteiger partial charge in [-0.1, -0.05) is 36.2 Å². The van der Waals surface area contributed by atoms with Crippen LogP contribution in [0.1, 0.15) is 36.5 Å². The predicted octanol–water partition coefficient (Wildman–Crippen LogP) is 3.30. The van der Waals surface area contributed by atoms with Gasteiger partial charge in [-0.05, 0) is 45.3 Å². The number of hydrogen-bond acceptors (Lipinski definition) is 2. The molecule has 1 N–H and O–H groups in total. The van der Waals surface area contributed by atoms with Crippen molar-refractivity contribution in [3.05, 3.63) is 34.9 Å². The first-order valence-electron chi connectivity index (χ1n) is 7.21. The molecule has 1 aromatic carbocycles. The summed E-state index contributed by atoms with van der Waals surface area (Å²) < 4.78 is 0. The molecule has 1 unspecified atom stereocenters. The molecule has 1 aliphatic rings. The van der Waals surface area contributed by atoms with Crippen LogP contribution in [0, 0.1) is 13.8 Å². The lowest BCUT2D eigenvalue weighted by Gasteiger charge is -2.28. The van der Waals surface area contributed by atoms with Gasteiger partial charge in [-0.3, -0.25) is 4.90 Å². The highest BCUT2D eigenvalue weighted by atomic mass is 35.5. The SMILES string of the molecule is CCCN(Cc1cc(C)cc(C)c1)C1CCNC1.Cl. The monoisotopic (exact) mass is 282 g/mol. The Hall–Kier alpha value is -0.570. The molecule has 1 saturated heterocycles. The molecule has 2 rings (SSSR count). The molecule has 0 amide bonds. The Kier molecular flexibility index (Phi) is 6.84. The smallest absolute Gasteiger partial charge is 0.0237 e. The summed E-state index contributed by atoms with van der Waals surface area (Å²) in [6.07, 6.45) is 2.53. The maximum Gasteiger partial charge on any atom is 0.0237 e. The normalized spacial score (nSPS) is 18.6. The molecule has 2 nitrogen and oxygen atoms in total. The van der Waals surface area contributed by atoms with Crippen LogP contribution in [0.25, 0.3) is 0 Å². The fourth-order valence-corrected chi connectivity index (χ4v) is 3.02. The van der Waals surface area contributed by atoms with Gasteiger partial charge in [0.25, 0.3) is 0 Å². The Labute approximate surface area is 124 Å². The molecule has 1 aliphatic heterocycles. The van der Waals surface area contributed by atoms with E-state index in [1.165, 1.54) is 42.6 Å². The van der Waals surface area contributed by atoms with Gasteiger partial charge in [0, 0.05) is 19.1 Å². The average Bonchev–Trinajstić information content (AvgIpc) is 2.80. The first kappa shape index (κ1) is 16.5. The average molecular weight is 283 g/mol. The third kappa shape index (κ3) is 4.79. The van der Waals surface area contributed by atoms with Crippen molar-refractivity contribution >= 4 is 12.4 Å². The Morgan fingerprint density at radius 1 is 1.21 bits per heavy atom. The molecule has 0 saturated carbocycles. The fourth-order valence-electron chi connectivity index (χ4n) is 3.02. The van der Waals surface area contributed by atoms with Gasteiger partial charge in [-0.2, -0.15) is 0 Å². The number of rotatable bonds is 5. The highest BCUT2D eigenvalue weighted by molar-refractivity contribution is 5.85. The van der Waals surface area contributed by atoms with Crippen LogP contribution in [0.4, 0.5) is 0 Å². The van der Waals surface area contributed by atoms with Crippen LogP contribution in [0.2, 0.25) is 0 Å². The maximum atomic E-state index is 3.48. The number of aryl methyl sites for hydroxylation is 2. The second-order valence-corrected chi connectivity index (χ2v) is 5.61. The summed E-state index contributed by atoms with van der Waals surface area (Å²) in [6, 6.07) is 7.65. The van der Waals surface area contributed by atoms with E-state index in [2.05, 4.69) is 49.2 Å². The molecule has 0 aliphatic carbocycles. The summed E-state index contributed by atoms with van der Waals surface area (Å²) in [4.78, 5) is 2.65. The van der Waals surface area contributed by atoms with Gasteiger partial charge < -0.3 is 5.32 Å². The standard InChI is InChI=1S/C16H26N2.ClH/c1-4-7-18(16-5-6-17-11-16)12-15-9-13(2)8-14(3)10-15;/h8-10,16-17H,4-7,11-12H2,1-3H3;1H. The van der Waals surface area contributed by atoms with Gasteiger partial charge >= 0.3 is 0 Å². The summed E-state index contributed by atoms with van der Waals surface area (Å²) in [6.45, 7) is 11.3. The van der Waals surface area contributed by atoms with Crippen LogP contribution in [-0.4, -0.2) is 30.6 Å². The molecule has 0 radical (unpaired) electrons. The summed E-state index contributed by atoms with van der Waals surface area (Å²) in [7, 11) is 0. The molecular formula is C16H27ClN2. The highest BCUT2D eigenvalue weighted by Gasteiger charge is 2.21. The maximum absolute atomic E-state index is 3.48. The molecular weight excluding hydrogens is 256 g/mol. The van der Waals surface area contributed by atoms with E-state index in [-0.39, 0.29) is 12.4 Å². The van der Waals surface area contributed by atoms with Gasteiger partial charge in [-0.15, -0.1) is 12.4 Å². The zero-order chi connectivity index (χ0) is 13.0. The molecule has 19 heavy (non-hydrogen) atoms. The lowest BCUT2D eigenvalue weighted by Crippen LogP contribution is -2.36. The molecule has 0 spiro atoms. The zero-order valence-electron chi connectivity index (χ0n) is 12.4. The molecule has 1 aromatic rings. The van der Waals surface area contributed by atoms with Crippen molar-refractivity contribution in [3.63, 3.8) is 0 Å². The molecule has 1 atom stereocenters. The summed E-state index contributed by atoms with van der Waals surface area (Å²) in [5.41, 5.74) is 4.23. The van der Waals surface area contributed by atoms with Gasteiger partial charge in [0.1, 0.15) is 0 Å². The van der Waals surface area contributed by atoms with Crippen LogP contribution < -0.4 is 5.32 Å². The quantitative estimate of drug-likeness (QED) is 0.891. The van der Waals surface area contributed by atoms with Gasteiger partial charge in [0.05, 0.1) is 0 Å². The lowest BCUT2D eigenvalue weighted by molar-refractivity contribution is 0.199. The van der Waals surface area contributed by atoms with Crippen molar-refractivity contribution in [2.45, 2.75) is 46.2 Å². The Balaban J connectivity index is 0.00000180. The molecule has 1 fully saturated rings. The van der Waals surface area contributed by atoms with E-state index in [1.54, 1.807) is 0 Å². The van der Waals surface area contributed by atoms with Crippen molar-refractivity contribution in [3.8, 4) is 0 Å². The van der Waals surface area contributed by atoms with Crippen LogP contribution in [0.15, 0.2) is 18.2 Å². The van der Waals surface area contributed by atoms with Crippen molar-refractivity contribution in [1.82, 2.24) is 10.2 Å². The van der Waals surface area contributed by atoms with E-state index < -0.39 is 0 Å². The number of nitrogens with zero attached hydrogens (tertiary/aromatic N) is 1. The number of benzene rings is 1. The minimum atomic E-state index is 0. The molecule has 108 valence electrons. The van der Waals surface area contributed by atoms with Crippen LogP contribution in [0.5, 0.6) is 0 Å². The van der Waals surface area contributed by atoms with Gasteiger partial charge in [-0.25, -0.2) is 0 Å². The Bertz CT molecular complexity index is 366. The van der Waals surface area contributed by atoms with Crippen LogP contribution in [0.3, 0.4) is 0 Å². The van der Waals surface area contributed by atoms with Crippen molar-refractivity contribution in [2.24, 2.45) is 0 Å². The highest BCUT2D eigenvalue weighted by Crippen LogP contribution is 2.16. The van der Waals surface area contributed by atoms with Gasteiger partial charge in [0.15, 0.2) is 0 Å². The predicted molar refractivity (Wildman–Crippen MR) is 85.1 cm³/mol. The van der Waals surface area contributed by atoms with E-state index in [4.69, 9.17) is 0 Å². The second kappa shape index (κ2) is 7.88. The van der Waals surface area contributed by atoms with E-state index in [0.717, 1.165) is 19.1 Å². The topological polar surface area (TPSA) is 15.3 Å². The largest absolute Gasteiger partial charge is 0.315 e. The summed E-state index contributed by atoms with van der Waals surface area (Å²) in [5, 5.41) is 3.48. The molecule has 1 heterocycles. The zero-order valence-corrected chi connectivity index (χ0v) is 13.2. The number of halogens is 1. The number of hydrogen-bond donors (Lipinski definition) is 1. The van der Waals surface area contributed by atoms with Crippen molar-refractivity contribution in [1.29, 1.82) is 0 Å². The van der Waals surface area contributed by atoms with Crippen molar-refractivity contribution < 1.29 is 0 Å². The molecule has 0 aromatic heterocycles. The summed E-state index contributed by atoms with van der Waals surface area (Å²) >= 11 is 0.